The van der Waals surface area contributed by atoms with E-state index in [1.807, 2.05) is 38.1 Å². The van der Waals surface area contributed by atoms with Crippen LogP contribution < -0.4 is 0 Å². The van der Waals surface area contributed by atoms with Gasteiger partial charge in [-0.2, -0.15) is 0 Å². The Hall–Kier alpha value is -1.15. The number of benzene rings is 1. The molecule has 0 heterocycles. The summed E-state index contributed by atoms with van der Waals surface area (Å²) in [6.07, 6.45) is 0.0840. The fourth-order valence-electron chi connectivity index (χ4n) is 1.70. The second-order valence-corrected chi connectivity index (χ2v) is 5.58. The molecule has 1 aromatic carbocycles. The summed E-state index contributed by atoms with van der Waals surface area (Å²) in [5.41, 5.74) is 1.84. The van der Waals surface area contributed by atoms with Crippen LogP contribution in [0.5, 0.6) is 0 Å². The first-order valence-corrected chi connectivity index (χ1v) is 6.06. The summed E-state index contributed by atoms with van der Waals surface area (Å²) in [5, 5.41) is 0. The molecule has 0 N–H and O–H groups in total. The highest BCUT2D eigenvalue weighted by atomic mass is 16.5. The van der Waals surface area contributed by atoms with Crippen molar-refractivity contribution < 1.29 is 9.53 Å². The summed E-state index contributed by atoms with van der Waals surface area (Å²) in [5.74, 6) is 0.0595. The molecule has 0 aliphatic carbocycles. The third-order valence-corrected chi connectivity index (χ3v) is 2.58. The molecule has 0 aromatic heterocycles. The molecular formula is C15H22O2. The van der Waals surface area contributed by atoms with E-state index in [1.54, 1.807) is 0 Å². The van der Waals surface area contributed by atoms with Crippen molar-refractivity contribution in [3.8, 4) is 0 Å². The molecule has 0 aliphatic heterocycles. The Kier molecular flexibility index (Phi) is 4.47. The zero-order valence-electron chi connectivity index (χ0n) is 11.4. The molecule has 0 saturated carbocycles. The van der Waals surface area contributed by atoms with Crippen LogP contribution in [0.4, 0.5) is 0 Å². The van der Waals surface area contributed by atoms with Gasteiger partial charge in [0.25, 0.3) is 0 Å². The predicted octanol–water partition coefficient (Wildman–Crippen LogP) is 3.59. The van der Waals surface area contributed by atoms with Crippen molar-refractivity contribution in [3.63, 3.8) is 0 Å². The monoisotopic (exact) mass is 234 g/mol. The molecule has 2 nitrogen and oxygen atoms in total. The molecule has 0 unspecified atom stereocenters. The average molecular weight is 234 g/mol. The number of hydrogen-bond donors (Lipinski definition) is 0. The highest BCUT2D eigenvalue weighted by Crippen LogP contribution is 2.26. The maximum absolute atomic E-state index is 12.1. The molecular weight excluding hydrogens is 212 g/mol. The van der Waals surface area contributed by atoms with Crippen molar-refractivity contribution in [3.05, 3.63) is 35.4 Å². The van der Waals surface area contributed by atoms with Gasteiger partial charge in [0.2, 0.25) is 0 Å². The lowest BCUT2D eigenvalue weighted by atomic mass is 9.83. The van der Waals surface area contributed by atoms with Crippen LogP contribution in [0, 0.1) is 0 Å². The van der Waals surface area contributed by atoms with Gasteiger partial charge in [0.05, 0.1) is 6.10 Å². The Morgan fingerprint density at radius 3 is 2.35 bits per heavy atom. The Bertz CT molecular complexity index is 386. The summed E-state index contributed by atoms with van der Waals surface area (Å²) in [6.45, 7) is 10.4. The van der Waals surface area contributed by atoms with Gasteiger partial charge in [0.1, 0.15) is 6.61 Å². The van der Waals surface area contributed by atoms with Gasteiger partial charge in [-0.25, -0.2) is 0 Å². The minimum atomic E-state index is -0.0237. The van der Waals surface area contributed by atoms with E-state index in [4.69, 9.17) is 4.74 Å². The van der Waals surface area contributed by atoms with Crippen LogP contribution in [0.3, 0.4) is 0 Å². The molecule has 0 amide bonds. The van der Waals surface area contributed by atoms with Crippen molar-refractivity contribution in [1.29, 1.82) is 0 Å². The van der Waals surface area contributed by atoms with Gasteiger partial charge in [-0.3, -0.25) is 4.79 Å². The smallest absolute Gasteiger partial charge is 0.188 e. The Labute approximate surface area is 104 Å². The van der Waals surface area contributed by atoms with Gasteiger partial charge in [-0.15, -0.1) is 0 Å². The number of carbonyl (C=O) groups is 1. The van der Waals surface area contributed by atoms with E-state index < -0.39 is 0 Å². The van der Waals surface area contributed by atoms with Crippen molar-refractivity contribution in [2.45, 2.75) is 46.1 Å². The molecule has 0 bridgehead atoms. The molecule has 1 rings (SSSR count). The molecule has 94 valence electrons. The first-order valence-electron chi connectivity index (χ1n) is 6.06. The van der Waals surface area contributed by atoms with Gasteiger partial charge in [0, 0.05) is 5.56 Å². The van der Waals surface area contributed by atoms with Gasteiger partial charge < -0.3 is 4.74 Å². The summed E-state index contributed by atoms with van der Waals surface area (Å²) in [7, 11) is 0. The predicted molar refractivity (Wildman–Crippen MR) is 70.6 cm³/mol. The minimum Gasteiger partial charge on any atom is -0.371 e. The molecule has 1 aromatic rings. The second kappa shape index (κ2) is 5.46. The summed E-state index contributed by atoms with van der Waals surface area (Å²) in [6, 6.07) is 7.77. The zero-order valence-corrected chi connectivity index (χ0v) is 11.4. The van der Waals surface area contributed by atoms with E-state index in [1.165, 1.54) is 0 Å². The van der Waals surface area contributed by atoms with Crippen LogP contribution in [0.15, 0.2) is 24.3 Å². The van der Waals surface area contributed by atoms with Crippen LogP contribution in [0.25, 0.3) is 0 Å². The van der Waals surface area contributed by atoms with Crippen LogP contribution >= 0.6 is 0 Å². The summed E-state index contributed by atoms with van der Waals surface area (Å²) < 4.78 is 5.38. The lowest BCUT2D eigenvalue weighted by molar-refractivity contribution is 0.0583. The number of carbonyl (C=O) groups excluding carboxylic acids is 1. The van der Waals surface area contributed by atoms with E-state index in [0.29, 0.717) is 0 Å². The number of ketones is 1. The van der Waals surface area contributed by atoms with E-state index >= 15 is 0 Å². The quantitative estimate of drug-likeness (QED) is 0.744. The SMILES string of the molecule is CC(C)OCC(=O)c1ccccc1C(C)(C)C. The number of Topliss-reactive ketones (excluding diaryl/α,β-unsaturated/α-hetero) is 1. The maximum Gasteiger partial charge on any atom is 0.188 e. The second-order valence-electron chi connectivity index (χ2n) is 5.58. The average Bonchev–Trinajstić information content (AvgIpc) is 2.24. The lowest BCUT2D eigenvalue weighted by Crippen LogP contribution is -2.20. The fraction of sp³-hybridized carbons (Fsp3) is 0.533. The highest BCUT2D eigenvalue weighted by Gasteiger charge is 2.21. The zero-order chi connectivity index (χ0) is 13.1. The Morgan fingerprint density at radius 2 is 1.82 bits per heavy atom. The first-order chi connectivity index (χ1) is 7.82. The molecule has 0 atom stereocenters. The van der Waals surface area contributed by atoms with Gasteiger partial charge in [-0.1, -0.05) is 45.0 Å². The van der Waals surface area contributed by atoms with Crippen molar-refractivity contribution in [2.24, 2.45) is 0 Å². The minimum absolute atomic E-state index is 0.0237. The lowest BCUT2D eigenvalue weighted by Gasteiger charge is -2.22. The van der Waals surface area contributed by atoms with E-state index in [9.17, 15) is 4.79 Å². The van der Waals surface area contributed by atoms with Gasteiger partial charge >= 0.3 is 0 Å². The molecule has 0 saturated heterocycles. The van der Waals surface area contributed by atoms with E-state index in [0.717, 1.165) is 11.1 Å². The van der Waals surface area contributed by atoms with Crippen LogP contribution in [0.1, 0.15) is 50.5 Å². The third-order valence-electron chi connectivity index (χ3n) is 2.58. The number of ether oxygens (including phenoxy) is 1. The van der Waals surface area contributed by atoms with Crippen molar-refractivity contribution in [2.75, 3.05) is 6.61 Å². The first kappa shape index (κ1) is 13.9. The largest absolute Gasteiger partial charge is 0.371 e. The van der Waals surface area contributed by atoms with E-state index in [-0.39, 0.29) is 23.9 Å². The van der Waals surface area contributed by atoms with Crippen LogP contribution in [-0.2, 0) is 10.2 Å². The molecule has 2 heteroatoms. The topological polar surface area (TPSA) is 26.3 Å². The molecule has 0 fully saturated rings. The molecule has 0 radical (unpaired) electrons. The molecule has 0 aliphatic rings. The van der Waals surface area contributed by atoms with Crippen LogP contribution in [0.2, 0.25) is 0 Å². The fourth-order valence-corrected chi connectivity index (χ4v) is 1.70. The summed E-state index contributed by atoms with van der Waals surface area (Å²) in [4.78, 5) is 12.1. The van der Waals surface area contributed by atoms with E-state index in [2.05, 4.69) is 20.8 Å². The maximum atomic E-state index is 12.1. The third kappa shape index (κ3) is 3.97. The van der Waals surface area contributed by atoms with Gasteiger partial charge in [0.15, 0.2) is 5.78 Å². The highest BCUT2D eigenvalue weighted by molar-refractivity contribution is 5.98. The molecule has 17 heavy (non-hydrogen) atoms. The Morgan fingerprint density at radius 1 is 1.24 bits per heavy atom. The van der Waals surface area contributed by atoms with Crippen molar-refractivity contribution >= 4 is 5.78 Å². The van der Waals surface area contributed by atoms with Crippen LogP contribution in [-0.4, -0.2) is 18.5 Å². The normalized spacial score (nSPS) is 11.9. The van der Waals surface area contributed by atoms with Gasteiger partial charge in [-0.05, 0) is 24.8 Å². The number of hydrogen-bond acceptors (Lipinski definition) is 2. The standard InChI is InChI=1S/C15H22O2/c1-11(2)17-10-14(16)12-8-6-7-9-13(12)15(3,4)5/h6-9,11H,10H2,1-5H3. The summed E-state index contributed by atoms with van der Waals surface area (Å²) >= 11 is 0. The van der Waals surface area contributed by atoms with Crippen molar-refractivity contribution in [1.82, 2.24) is 0 Å². The molecule has 0 spiro atoms. The Balaban J connectivity index is 2.94. The number of rotatable bonds is 4.